The Morgan fingerprint density at radius 2 is 1.89 bits per heavy atom. The van der Waals surface area contributed by atoms with Gasteiger partial charge in [0.1, 0.15) is 42.2 Å². The summed E-state index contributed by atoms with van der Waals surface area (Å²) in [7, 11) is 0. The van der Waals surface area contributed by atoms with Gasteiger partial charge in [-0.25, -0.2) is 14.4 Å². The van der Waals surface area contributed by atoms with Crippen LogP contribution in [0.1, 0.15) is 25.0 Å². The zero-order chi connectivity index (χ0) is 24.8. The number of benzene rings is 3. The number of rotatable bonds is 9. The lowest BCUT2D eigenvalue weighted by atomic mass is 10.1. The summed E-state index contributed by atoms with van der Waals surface area (Å²) in [5.41, 5.74) is 3.24. The quantitative estimate of drug-likeness (QED) is 0.342. The molecule has 0 spiro atoms. The summed E-state index contributed by atoms with van der Waals surface area (Å²) in [4.78, 5) is 20.0. The largest absolute Gasteiger partial charge is 0.489 e. The van der Waals surface area contributed by atoms with Crippen LogP contribution in [0.2, 0.25) is 0 Å². The predicted molar refractivity (Wildman–Crippen MR) is 134 cm³/mol. The number of fused-ring (bicyclic) bond motifs is 1. The van der Waals surface area contributed by atoms with Gasteiger partial charge in [0, 0.05) is 12.6 Å². The van der Waals surface area contributed by atoms with Crippen molar-refractivity contribution in [1.29, 1.82) is 0 Å². The van der Waals surface area contributed by atoms with Gasteiger partial charge in [-0.2, -0.15) is 0 Å². The number of nitrogens with zero attached hydrogens (tertiary/aromatic N) is 2. The van der Waals surface area contributed by atoms with Gasteiger partial charge in [-0.05, 0) is 67.4 Å². The number of ether oxygens (including phenoxy) is 2. The standard InChI is InChI=1S/C27H27FN4O3/c1-17-12-22(10-11-24(17)34-15-20-6-4-7-21(28)13-20)32-27-26-23(30-16-31-27)8-5-9-25(26)35-18(2)14-29-19(3)33/h4-13,16,18H,14-15H2,1-3H3,(H,29,33)(H,30,31,32)/t18-/m1/s1. The minimum Gasteiger partial charge on any atom is -0.489 e. The van der Waals surface area contributed by atoms with Crippen molar-refractivity contribution in [2.24, 2.45) is 0 Å². The molecule has 0 fully saturated rings. The van der Waals surface area contributed by atoms with E-state index in [0.717, 1.165) is 27.7 Å². The fourth-order valence-electron chi connectivity index (χ4n) is 3.63. The number of aryl methyl sites for hydroxylation is 1. The summed E-state index contributed by atoms with van der Waals surface area (Å²) in [6, 6.07) is 17.7. The van der Waals surface area contributed by atoms with Gasteiger partial charge in [0.25, 0.3) is 0 Å². The molecule has 1 amide bonds. The molecule has 0 bridgehead atoms. The molecule has 1 heterocycles. The Labute approximate surface area is 203 Å². The zero-order valence-electron chi connectivity index (χ0n) is 19.8. The van der Waals surface area contributed by atoms with Crippen molar-refractivity contribution < 1.29 is 18.7 Å². The van der Waals surface area contributed by atoms with Crippen molar-refractivity contribution in [2.45, 2.75) is 33.5 Å². The number of halogens is 1. The summed E-state index contributed by atoms with van der Waals surface area (Å²) in [6.45, 7) is 5.97. The van der Waals surface area contributed by atoms with Crippen LogP contribution in [0.25, 0.3) is 10.9 Å². The molecule has 7 nitrogen and oxygen atoms in total. The van der Waals surface area contributed by atoms with E-state index in [1.165, 1.54) is 25.4 Å². The summed E-state index contributed by atoms with van der Waals surface area (Å²) in [5.74, 6) is 1.54. The number of anilines is 2. The van der Waals surface area contributed by atoms with E-state index in [4.69, 9.17) is 9.47 Å². The second-order valence-electron chi connectivity index (χ2n) is 8.26. The smallest absolute Gasteiger partial charge is 0.217 e. The number of carbonyl (C=O) groups is 1. The highest BCUT2D eigenvalue weighted by Crippen LogP contribution is 2.33. The molecule has 0 radical (unpaired) electrons. The van der Waals surface area contributed by atoms with Crippen molar-refractivity contribution >= 4 is 28.3 Å². The lowest BCUT2D eigenvalue weighted by Gasteiger charge is -2.18. The molecule has 2 N–H and O–H groups in total. The number of aromatic nitrogens is 2. The topological polar surface area (TPSA) is 85.4 Å². The van der Waals surface area contributed by atoms with Gasteiger partial charge in [-0.3, -0.25) is 4.79 Å². The van der Waals surface area contributed by atoms with Crippen LogP contribution in [0.15, 0.2) is 67.0 Å². The molecule has 4 rings (SSSR count). The van der Waals surface area contributed by atoms with Gasteiger partial charge in [0.05, 0.1) is 17.4 Å². The first-order valence-corrected chi connectivity index (χ1v) is 11.3. The highest BCUT2D eigenvalue weighted by molar-refractivity contribution is 5.95. The molecule has 1 atom stereocenters. The molecule has 0 aliphatic rings. The van der Waals surface area contributed by atoms with Crippen molar-refractivity contribution in [1.82, 2.24) is 15.3 Å². The predicted octanol–water partition coefficient (Wildman–Crippen LogP) is 5.30. The van der Waals surface area contributed by atoms with Crippen LogP contribution in [0, 0.1) is 12.7 Å². The fraction of sp³-hybridized carbons (Fsp3) is 0.222. The van der Waals surface area contributed by atoms with Crippen LogP contribution in [0.4, 0.5) is 15.9 Å². The summed E-state index contributed by atoms with van der Waals surface area (Å²) in [6.07, 6.45) is 1.26. The monoisotopic (exact) mass is 474 g/mol. The Morgan fingerprint density at radius 1 is 1.06 bits per heavy atom. The number of nitrogens with one attached hydrogen (secondary N) is 2. The second-order valence-corrected chi connectivity index (χ2v) is 8.26. The Morgan fingerprint density at radius 3 is 2.66 bits per heavy atom. The number of carbonyl (C=O) groups excluding carboxylic acids is 1. The van der Waals surface area contributed by atoms with Crippen molar-refractivity contribution in [3.8, 4) is 11.5 Å². The molecular weight excluding hydrogens is 447 g/mol. The number of hydrogen-bond donors (Lipinski definition) is 2. The molecule has 1 aromatic heterocycles. The molecular formula is C27H27FN4O3. The van der Waals surface area contributed by atoms with Crippen molar-refractivity contribution in [3.05, 3.63) is 83.9 Å². The third-order valence-corrected chi connectivity index (χ3v) is 5.31. The van der Waals surface area contributed by atoms with Crippen LogP contribution >= 0.6 is 0 Å². The minimum atomic E-state index is -0.285. The van der Waals surface area contributed by atoms with E-state index >= 15 is 0 Å². The summed E-state index contributed by atoms with van der Waals surface area (Å²) >= 11 is 0. The average Bonchev–Trinajstić information content (AvgIpc) is 2.82. The SMILES string of the molecule is CC(=O)NC[C@@H](C)Oc1cccc2ncnc(Nc3ccc(OCc4cccc(F)c4)c(C)c3)c12. The van der Waals surface area contributed by atoms with E-state index in [9.17, 15) is 9.18 Å². The molecule has 4 aromatic rings. The summed E-state index contributed by atoms with van der Waals surface area (Å²) < 4.78 is 25.4. The normalized spacial score (nSPS) is 11.7. The molecule has 0 unspecified atom stereocenters. The molecule has 0 saturated carbocycles. The fourth-order valence-corrected chi connectivity index (χ4v) is 3.63. The second kappa shape index (κ2) is 10.8. The van der Waals surface area contributed by atoms with Crippen LogP contribution in [-0.4, -0.2) is 28.5 Å². The molecule has 180 valence electrons. The Balaban J connectivity index is 1.53. The lowest BCUT2D eigenvalue weighted by molar-refractivity contribution is -0.119. The first-order chi connectivity index (χ1) is 16.9. The average molecular weight is 475 g/mol. The third-order valence-electron chi connectivity index (χ3n) is 5.31. The lowest BCUT2D eigenvalue weighted by Crippen LogP contribution is -2.32. The van der Waals surface area contributed by atoms with Gasteiger partial charge in [0.2, 0.25) is 5.91 Å². The van der Waals surface area contributed by atoms with Crippen molar-refractivity contribution in [2.75, 3.05) is 11.9 Å². The van der Waals surface area contributed by atoms with Crippen LogP contribution < -0.4 is 20.1 Å². The van der Waals surface area contributed by atoms with Gasteiger partial charge in [-0.15, -0.1) is 0 Å². The highest BCUT2D eigenvalue weighted by Gasteiger charge is 2.14. The Hall–Kier alpha value is -4.20. The van der Waals surface area contributed by atoms with E-state index in [-0.39, 0.29) is 24.4 Å². The van der Waals surface area contributed by atoms with E-state index in [0.29, 0.717) is 23.9 Å². The van der Waals surface area contributed by atoms with Crippen molar-refractivity contribution in [3.63, 3.8) is 0 Å². The first-order valence-electron chi connectivity index (χ1n) is 11.3. The Bertz CT molecular complexity index is 1340. The van der Waals surface area contributed by atoms with E-state index in [1.54, 1.807) is 6.07 Å². The van der Waals surface area contributed by atoms with Gasteiger partial charge in [-0.1, -0.05) is 18.2 Å². The zero-order valence-corrected chi connectivity index (χ0v) is 19.8. The molecule has 0 aliphatic carbocycles. The molecule has 8 heteroatoms. The first kappa shape index (κ1) is 23.9. The Kier molecular flexibility index (Phi) is 7.40. The molecule has 0 aliphatic heterocycles. The molecule has 0 saturated heterocycles. The molecule has 35 heavy (non-hydrogen) atoms. The number of hydrogen-bond acceptors (Lipinski definition) is 6. The van der Waals surface area contributed by atoms with Gasteiger partial charge in [0.15, 0.2) is 0 Å². The highest BCUT2D eigenvalue weighted by atomic mass is 19.1. The molecule has 3 aromatic carbocycles. The maximum absolute atomic E-state index is 13.4. The van der Waals surface area contributed by atoms with Crippen LogP contribution in [0.5, 0.6) is 11.5 Å². The third kappa shape index (κ3) is 6.23. The van der Waals surface area contributed by atoms with Crippen LogP contribution in [-0.2, 0) is 11.4 Å². The summed E-state index contributed by atoms with van der Waals surface area (Å²) in [5, 5.41) is 6.86. The van der Waals surface area contributed by atoms with E-state index < -0.39 is 0 Å². The van der Waals surface area contributed by atoms with E-state index in [1.807, 2.05) is 56.3 Å². The minimum absolute atomic E-state index is 0.109. The van der Waals surface area contributed by atoms with Crippen LogP contribution in [0.3, 0.4) is 0 Å². The van der Waals surface area contributed by atoms with Gasteiger partial charge >= 0.3 is 0 Å². The number of amides is 1. The van der Waals surface area contributed by atoms with Gasteiger partial charge < -0.3 is 20.1 Å². The maximum Gasteiger partial charge on any atom is 0.217 e. The maximum atomic E-state index is 13.4. The van der Waals surface area contributed by atoms with E-state index in [2.05, 4.69) is 20.6 Å².